The number of ether oxygens (including phenoxy) is 3. The minimum atomic E-state index is -0.810. The summed E-state index contributed by atoms with van der Waals surface area (Å²) in [6.45, 7) is 2.78. The number of nitrogens with zero attached hydrogens (tertiary/aromatic N) is 6. The Labute approximate surface area is 603 Å². The summed E-state index contributed by atoms with van der Waals surface area (Å²) < 4.78 is 36.1. The molecule has 6 bridgehead atoms. The maximum absolute atomic E-state index is 13.9. The van der Waals surface area contributed by atoms with E-state index in [0.29, 0.717) is 66.5 Å². The molecule has 103 heavy (non-hydrogen) atoms. The second kappa shape index (κ2) is 31.3. The van der Waals surface area contributed by atoms with Crippen LogP contribution < -0.4 is 16.0 Å². The number of H-pyrrole nitrogens is 1. The van der Waals surface area contributed by atoms with E-state index in [-0.39, 0.29) is 59.4 Å². The van der Waals surface area contributed by atoms with Crippen LogP contribution in [0.3, 0.4) is 0 Å². The highest BCUT2D eigenvalue weighted by molar-refractivity contribution is 5.97. The number of carbonyl (C=O) groups excluding carboxylic acids is 5. The van der Waals surface area contributed by atoms with Gasteiger partial charge in [0, 0.05) is 71.0 Å². The van der Waals surface area contributed by atoms with Crippen molar-refractivity contribution in [1.29, 1.82) is 0 Å². The quantitative estimate of drug-likeness (QED) is 0.0558. The maximum Gasteiger partial charge on any atom is 0.328 e. The highest BCUT2D eigenvalue weighted by atomic mass is 19.1. The number of fused-ring (bicyclic) bond motifs is 6. The Morgan fingerprint density at radius 1 is 0.602 bits per heavy atom. The number of aromatic nitrogens is 7. The van der Waals surface area contributed by atoms with Crippen molar-refractivity contribution < 1.29 is 42.6 Å². The zero-order valence-corrected chi connectivity index (χ0v) is 60.1. The maximum atomic E-state index is 13.9. The Morgan fingerprint density at radius 2 is 1.24 bits per heavy atom. The molecule has 0 aliphatic heterocycles. The van der Waals surface area contributed by atoms with E-state index < -0.39 is 12.0 Å². The third-order valence-electron chi connectivity index (χ3n) is 24.8. The lowest BCUT2D eigenvalue weighted by molar-refractivity contribution is -0.150. The number of halogens is 1. The van der Waals surface area contributed by atoms with Gasteiger partial charge >= 0.3 is 11.9 Å². The van der Waals surface area contributed by atoms with Crippen molar-refractivity contribution in [3.8, 4) is 5.69 Å². The largest absolute Gasteiger partial charge is 0.467 e. The van der Waals surface area contributed by atoms with Gasteiger partial charge in [-0.05, 0) is 231 Å². The van der Waals surface area contributed by atoms with Crippen LogP contribution in [0.4, 0.5) is 4.39 Å². The summed E-state index contributed by atoms with van der Waals surface area (Å²) in [4.78, 5) is 69.5. The first kappa shape index (κ1) is 70.0. The second-order valence-electron chi connectivity index (χ2n) is 31.1. The molecule has 4 aromatic heterocycles. The van der Waals surface area contributed by atoms with Crippen molar-refractivity contribution in [2.24, 2.45) is 41.4 Å². The SMILES string of the molecule is CCOC(=O)[C@H]1C2CCC(C2)[C@H]1NC(=O)c1nn(-c2ccc(F)cc2)c2c1CCCC2CCc1ccccc1.COC(=O)C(Cc1c[nH]c2ccccc12)NC(=O)c1nn(Cc2ccccc2)c2c1CCCC2.COC1CCCc2c(C(=O)NC3C4CC5CC(C4)CC3C5)nn(C3CCCCC3)c21. The van der Waals surface area contributed by atoms with Crippen LogP contribution in [-0.4, -0.2) is 103 Å². The number of methoxy groups -OCH3 is 2. The fraction of sp³-hybridized carbons (Fsp3) is 0.524. The van der Waals surface area contributed by atoms with Gasteiger partial charge in [0.2, 0.25) is 0 Å². The van der Waals surface area contributed by atoms with Gasteiger partial charge in [-0.3, -0.25) is 28.5 Å². The standard InChI is InChI=1S/C32H36FN3O3.C27H28N4O3.C25H37N3O2/c1-2-39-32(38)27-22-13-14-23(19-22)28(27)34-31(37)29-26-10-6-9-21(12-11-20-7-4-3-5-8-20)30(26)36(35-29)25-17-15-24(33)16-18-25;1-34-27(33)23(15-19-16-28-22-13-7-5-11-20(19)22)29-26(32)25-21-12-6-8-14-24(21)31(30-25)17-18-9-3-2-4-10-18;1-30-21-9-5-8-20-23(27-28(24(20)21)19-6-3-2-4-7-19)25(29)26-22-17-11-15-10-16(13-17)14-18(22)12-15/h3-5,7-8,15-18,21-23,27-28H,2,6,9-14,19H2,1H3,(H,34,37);2-5,7,9-11,13,16,23,28H,6,8,12,14-15,17H2,1H3,(H,29,32);15-19,21-22H,2-14H2,1H3,(H,26,29)/t21?,22?,23?,27-,28+;;/m0../s1. The van der Waals surface area contributed by atoms with Crippen molar-refractivity contribution in [2.45, 2.75) is 217 Å². The summed E-state index contributed by atoms with van der Waals surface area (Å²) in [5.41, 5.74) is 13.2. The van der Waals surface area contributed by atoms with Gasteiger partial charge in [0.05, 0.1) is 55.4 Å². The number of hydrogen-bond acceptors (Lipinski definition) is 11. The Morgan fingerprint density at radius 3 is 1.96 bits per heavy atom. The fourth-order valence-electron chi connectivity index (χ4n) is 20.2. The van der Waals surface area contributed by atoms with Crippen molar-refractivity contribution in [2.75, 3.05) is 20.8 Å². The zero-order chi connectivity index (χ0) is 70.7. The molecular weight excluding hydrogens is 1300 g/mol. The molecule has 3 amide bonds. The highest BCUT2D eigenvalue weighted by Gasteiger charge is 2.53. The van der Waals surface area contributed by atoms with Crippen molar-refractivity contribution in [1.82, 2.24) is 50.3 Å². The van der Waals surface area contributed by atoms with Gasteiger partial charge in [0.25, 0.3) is 17.7 Å². The molecule has 0 saturated heterocycles. The van der Waals surface area contributed by atoms with Crippen LogP contribution in [0.15, 0.2) is 115 Å². The van der Waals surface area contributed by atoms with Gasteiger partial charge in [0.1, 0.15) is 11.9 Å². The Balaban J connectivity index is 0.000000126. The van der Waals surface area contributed by atoms with E-state index in [1.54, 1.807) is 12.1 Å². The van der Waals surface area contributed by atoms with Crippen LogP contribution >= 0.6 is 0 Å². The van der Waals surface area contributed by atoms with E-state index in [1.807, 2.05) is 78.1 Å². The molecule has 0 spiro atoms. The number of carbonyl (C=O) groups is 5. The molecule has 4 heterocycles. The monoisotopic (exact) mass is 1400 g/mol. The molecular formula is C84H101FN10O8. The first-order valence-corrected chi connectivity index (χ1v) is 38.8. The Kier molecular flexibility index (Phi) is 21.3. The molecule has 19 heteroatoms. The summed E-state index contributed by atoms with van der Waals surface area (Å²) in [5.74, 6) is 2.34. The molecule has 7 atom stereocenters. The van der Waals surface area contributed by atoms with Crippen LogP contribution in [0, 0.1) is 47.2 Å². The lowest BCUT2D eigenvalue weighted by Gasteiger charge is -2.54. The number of amides is 3. The molecule has 4 N–H and O–H groups in total. The van der Waals surface area contributed by atoms with Crippen LogP contribution in [0.25, 0.3) is 16.6 Å². The van der Waals surface area contributed by atoms with E-state index in [0.717, 1.165) is 158 Å². The van der Waals surface area contributed by atoms with Crippen LogP contribution in [0.1, 0.15) is 235 Å². The summed E-state index contributed by atoms with van der Waals surface area (Å²) in [7, 11) is 3.15. The number of para-hydroxylation sites is 1. The molecule has 4 aromatic carbocycles. The van der Waals surface area contributed by atoms with Gasteiger partial charge in [-0.15, -0.1) is 0 Å². The van der Waals surface area contributed by atoms with E-state index in [2.05, 4.69) is 62.0 Å². The van der Waals surface area contributed by atoms with Gasteiger partial charge in [0.15, 0.2) is 17.1 Å². The molecule has 5 unspecified atom stereocenters. The molecule has 7 fully saturated rings. The number of nitrogens with one attached hydrogen (secondary N) is 4. The van der Waals surface area contributed by atoms with E-state index in [4.69, 9.17) is 29.5 Å². The summed E-state index contributed by atoms with van der Waals surface area (Å²) in [6.07, 6.45) is 29.9. The van der Waals surface area contributed by atoms with Crippen molar-refractivity contribution in [3.05, 3.63) is 189 Å². The number of aryl methyl sites for hydroxylation is 1. The second-order valence-corrected chi connectivity index (χ2v) is 31.1. The first-order chi connectivity index (χ1) is 50.4. The third kappa shape index (κ3) is 14.8. The molecule has 0 radical (unpaired) electrons. The number of aromatic amines is 1. The van der Waals surface area contributed by atoms with E-state index >= 15 is 0 Å². The topological polar surface area (TPSA) is 218 Å². The lowest BCUT2D eigenvalue weighted by Crippen LogP contribution is -2.56. The number of benzene rings is 4. The first-order valence-electron chi connectivity index (χ1n) is 38.8. The van der Waals surface area contributed by atoms with Crippen LogP contribution in [0.5, 0.6) is 0 Å². The molecule has 7 saturated carbocycles. The number of hydrogen-bond donors (Lipinski definition) is 4. The molecule has 542 valence electrons. The van der Waals surface area contributed by atoms with Crippen LogP contribution in [0.2, 0.25) is 0 Å². The highest BCUT2D eigenvalue weighted by Crippen LogP contribution is 2.54. The minimum absolute atomic E-state index is 0.0888. The summed E-state index contributed by atoms with van der Waals surface area (Å²) >= 11 is 0. The smallest absolute Gasteiger partial charge is 0.328 e. The molecule has 10 aliphatic carbocycles. The molecule has 18 nitrogen and oxygen atoms in total. The zero-order valence-electron chi connectivity index (χ0n) is 60.1. The van der Waals surface area contributed by atoms with Gasteiger partial charge in [-0.1, -0.05) is 98.1 Å². The lowest BCUT2D eigenvalue weighted by atomic mass is 9.54. The predicted octanol–water partition coefficient (Wildman–Crippen LogP) is 14.5. The van der Waals surface area contributed by atoms with Gasteiger partial charge in [-0.2, -0.15) is 15.3 Å². The minimum Gasteiger partial charge on any atom is -0.467 e. The van der Waals surface area contributed by atoms with Crippen molar-refractivity contribution in [3.63, 3.8) is 0 Å². The third-order valence-corrected chi connectivity index (χ3v) is 24.8. The van der Waals surface area contributed by atoms with Gasteiger partial charge in [-0.25, -0.2) is 13.9 Å². The normalized spacial score (nSPS) is 25.2. The van der Waals surface area contributed by atoms with E-state index in [1.165, 1.54) is 100 Å². The fourth-order valence-corrected chi connectivity index (χ4v) is 20.2. The predicted molar refractivity (Wildman–Crippen MR) is 391 cm³/mol. The summed E-state index contributed by atoms with van der Waals surface area (Å²) in [6, 6.07) is 34.6. The number of rotatable bonds is 19. The number of esters is 2. The Bertz CT molecular complexity index is 4300. The molecule has 18 rings (SSSR count). The van der Waals surface area contributed by atoms with Crippen LogP contribution in [-0.2, 0) is 68.9 Å². The molecule has 10 aliphatic rings. The average molecular weight is 1400 g/mol. The van der Waals surface area contributed by atoms with Crippen molar-refractivity contribution >= 4 is 40.6 Å². The van der Waals surface area contributed by atoms with E-state index in [9.17, 15) is 28.4 Å². The average Bonchev–Trinajstić information content (AvgIpc) is 1.74. The Hall–Kier alpha value is -8.71. The summed E-state index contributed by atoms with van der Waals surface area (Å²) in [5, 5.41) is 25.3. The molecule has 8 aromatic rings. The van der Waals surface area contributed by atoms with Gasteiger partial charge < -0.3 is 35.1 Å².